The molecule has 0 saturated heterocycles. The molecule has 0 spiro atoms. The molecule has 1 saturated carbocycles. The molecule has 3 rings (SSSR count). The monoisotopic (exact) mass is 363 g/mol. The van der Waals surface area contributed by atoms with E-state index in [0.29, 0.717) is 34.7 Å². The number of H-pyrrole nitrogens is 1. The molecular formula is C18H22ClN3O3. The average molecular weight is 364 g/mol. The zero-order valence-electron chi connectivity index (χ0n) is 13.9. The Labute approximate surface area is 151 Å². The molecule has 1 amide bonds. The van der Waals surface area contributed by atoms with Crippen LogP contribution in [0.3, 0.4) is 0 Å². The molecule has 0 atom stereocenters. The van der Waals surface area contributed by atoms with Crippen LogP contribution in [0.2, 0.25) is 5.02 Å². The second-order valence-electron chi connectivity index (χ2n) is 6.65. The summed E-state index contributed by atoms with van der Waals surface area (Å²) in [7, 11) is 0. The van der Waals surface area contributed by atoms with Gasteiger partial charge in [-0.2, -0.15) is 5.10 Å². The average Bonchev–Trinajstić information content (AvgIpc) is 2.91. The summed E-state index contributed by atoms with van der Waals surface area (Å²) in [5.74, 6) is -0.379. The molecule has 25 heavy (non-hydrogen) atoms. The van der Waals surface area contributed by atoms with E-state index in [9.17, 15) is 15.0 Å². The molecule has 2 aromatic rings. The number of rotatable bonds is 4. The second kappa shape index (κ2) is 7.45. The Kier molecular flexibility index (Phi) is 5.30. The van der Waals surface area contributed by atoms with E-state index in [1.54, 1.807) is 18.2 Å². The smallest absolute Gasteiger partial charge is 0.252 e. The fraction of sp³-hybridized carbons (Fsp3) is 0.444. The number of aromatic hydroxyl groups is 1. The number of aromatic nitrogens is 2. The highest BCUT2D eigenvalue weighted by Gasteiger charge is 2.28. The van der Waals surface area contributed by atoms with Crippen molar-refractivity contribution in [1.29, 1.82) is 0 Å². The summed E-state index contributed by atoms with van der Waals surface area (Å²) in [5, 5.41) is 29.6. The number of nitrogens with zero attached hydrogens (tertiary/aromatic N) is 1. The van der Waals surface area contributed by atoms with Crippen LogP contribution in [0, 0.1) is 0 Å². The number of hydrogen-bond donors (Lipinski definition) is 4. The molecule has 1 fully saturated rings. The minimum absolute atomic E-state index is 0.0495. The summed E-state index contributed by atoms with van der Waals surface area (Å²) in [6, 6.07) is 6.45. The first-order valence-electron chi connectivity index (χ1n) is 8.52. The Bertz CT molecular complexity index is 752. The van der Waals surface area contributed by atoms with Crippen LogP contribution < -0.4 is 5.32 Å². The van der Waals surface area contributed by atoms with Crippen molar-refractivity contribution in [3.8, 4) is 17.1 Å². The predicted molar refractivity (Wildman–Crippen MR) is 95.7 cm³/mol. The van der Waals surface area contributed by atoms with E-state index in [1.165, 1.54) is 6.07 Å². The van der Waals surface area contributed by atoms with E-state index >= 15 is 0 Å². The Morgan fingerprint density at radius 3 is 2.60 bits per heavy atom. The van der Waals surface area contributed by atoms with E-state index in [1.807, 2.05) is 0 Å². The lowest BCUT2D eigenvalue weighted by atomic mass is 9.94. The van der Waals surface area contributed by atoms with Crippen LogP contribution >= 0.6 is 11.6 Å². The Morgan fingerprint density at radius 1 is 1.24 bits per heavy atom. The highest BCUT2D eigenvalue weighted by Crippen LogP contribution is 2.28. The van der Waals surface area contributed by atoms with Gasteiger partial charge in [0.1, 0.15) is 0 Å². The number of hydrogen-bond acceptors (Lipinski definition) is 4. The lowest BCUT2D eigenvalue weighted by Crippen LogP contribution is -2.42. The van der Waals surface area contributed by atoms with E-state index < -0.39 is 5.60 Å². The number of halogens is 1. The van der Waals surface area contributed by atoms with Gasteiger partial charge in [-0.1, -0.05) is 43.4 Å². The van der Waals surface area contributed by atoms with Crippen molar-refractivity contribution in [3.63, 3.8) is 0 Å². The maximum Gasteiger partial charge on any atom is 0.252 e. The van der Waals surface area contributed by atoms with Gasteiger partial charge in [0, 0.05) is 18.2 Å². The van der Waals surface area contributed by atoms with Crippen molar-refractivity contribution in [1.82, 2.24) is 15.5 Å². The van der Waals surface area contributed by atoms with Crippen molar-refractivity contribution < 1.29 is 15.0 Å². The number of nitrogens with one attached hydrogen (secondary N) is 2. The van der Waals surface area contributed by atoms with E-state index in [0.717, 1.165) is 25.7 Å². The molecule has 0 bridgehead atoms. The van der Waals surface area contributed by atoms with Crippen LogP contribution in [0.1, 0.15) is 48.9 Å². The van der Waals surface area contributed by atoms with Crippen LogP contribution in [-0.4, -0.2) is 38.5 Å². The van der Waals surface area contributed by atoms with Crippen LogP contribution in [0.15, 0.2) is 24.3 Å². The highest BCUT2D eigenvalue weighted by atomic mass is 35.5. The molecule has 7 heteroatoms. The van der Waals surface area contributed by atoms with Crippen molar-refractivity contribution >= 4 is 17.5 Å². The molecule has 1 aliphatic rings. The lowest BCUT2D eigenvalue weighted by Gasteiger charge is -2.26. The van der Waals surface area contributed by atoms with Gasteiger partial charge in [0.25, 0.3) is 5.91 Å². The molecule has 1 heterocycles. The third-order valence-electron chi connectivity index (χ3n) is 4.68. The van der Waals surface area contributed by atoms with Crippen molar-refractivity contribution in [2.45, 2.75) is 44.1 Å². The van der Waals surface area contributed by atoms with Gasteiger partial charge in [0.15, 0.2) is 0 Å². The summed E-state index contributed by atoms with van der Waals surface area (Å²) < 4.78 is 0. The molecule has 1 aromatic heterocycles. The number of carbonyl (C=O) groups is 1. The van der Waals surface area contributed by atoms with E-state index in [4.69, 9.17) is 11.6 Å². The van der Waals surface area contributed by atoms with Crippen LogP contribution in [0.5, 0.6) is 5.88 Å². The van der Waals surface area contributed by atoms with Gasteiger partial charge in [-0.15, -0.1) is 0 Å². The van der Waals surface area contributed by atoms with E-state index in [2.05, 4.69) is 15.5 Å². The second-order valence-corrected chi connectivity index (χ2v) is 7.06. The van der Waals surface area contributed by atoms with Crippen molar-refractivity contribution in [2.75, 3.05) is 6.54 Å². The molecule has 0 unspecified atom stereocenters. The molecule has 4 N–H and O–H groups in total. The molecule has 0 radical (unpaired) electrons. The fourth-order valence-corrected chi connectivity index (χ4v) is 3.42. The third kappa shape index (κ3) is 4.32. The third-order valence-corrected chi connectivity index (χ3v) is 5.01. The fourth-order valence-electron chi connectivity index (χ4n) is 3.22. The molecular weight excluding hydrogens is 342 g/mol. The van der Waals surface area contributed by atoms with Crippen LogP contribution in [0.25, 0.3) is 11.3 Å². The first-order valence-corrected chi connectivity index (χ1v) is 8.90. The van der Waals surface area contributed by atoms with Gasteiger partial charge >= 0.3 is 0 Å². The van der Waals surface area contributed by atoms with Gasteiger partial charge in [0.2, 0.25) is 5.88 Å². The van der Waals surface area contributed by atoms with Gasteiger partial charge in [-0.3, -0.25) is 4.79 Å². The van der Waals surface area contributed by atoms with Gasteiger partial charge in [-0.05, 0) is 25.0 Å². The van der Waals surface area contributed by atoms with E-state index in [-0.39, 0.29) is 18.3 Å². The zero-order chi connectivity index (χ0) is 17.9. The highest BCUT2D eigenvalue weighted by molar-refractivity contribution is 6.34. The Morgan fingerprint density at radius 2 is 1.96 bits per heavy atom. The Balaban J connectivity index is 1.73. The number of aliphatic hydroxyl groups is 1. The maximum atomic E-state index is 12.5. The zero-order valence-corrected chi connectivity index (χ0v) is 14.6. The topological polar surface area (TPSA) is 98.2 Å². The molecule has 134 valence electrons. The molecule has 6 nitrogen and oxygen atoms in total. The summed E-state index contributed by atoms with van der Waals surface area (Å²) in [6.07, 6.45) is 5.61. The van der Waals surface area contributed by atoms with Gasteiger partial charge < -0.3 is 15.5 Å². The predicted octanol–water partition coefficient (Wildman–Crippen LogP) is 3.25. The summed E-state index contributed by atoms with van der Waals surface area (Å²) in [5.41, 5.74) is 0.660. The normalized spacial score (nSPS) is 17.0. The first-order chi connectivity index (χ1) is 12.0. The number of aromatic amines is 1. The maximum absolute atomic E-state index is 12.5. The largest absolute Gasteiger partial charge is 0.494 e. The standard InChI is InChI=1S/C18H22ClN3O3/c19-14-6-5-12(15-10-16(23)22-21-15)9-13(14)17(24)20-11-18(25)7-3-1-2-4-8-18/h5-6,9-10,25H,1-4,7-8,11H2,(H,20,24)(H2,21,22,23). The van der Waals surface area contributed by atoms with Gasteiger partial charge in [0.05, 0.1) is 21.9 Å². The lowest BCUT2D eigenvalue weighted by molar-refractivity contribution is 0.0246. The number of carbonyl (C=O) groups excluding carboxylic acids is 1. The molecule has 1 aliphatic carbocycles. The molecule has 0 aliphatic heterocycles. The Hall–Kier alpha value is -2.05. The summed E-state index contributed by atoms with van der Waals surface area (Å²) in [4.78, 5) is 12.5. The minimum atomic E-state index is -0.843. The van der Waals surface area contributed by atoms with Crippen molar-refractivity contribution in [3.05, 3.63) is 34.9 Å². The van der Waals surface area contributed by atoms with Crippen LogP contribution in [-0.2, 0) is 0 Å². The number of amides is 1. The quantitative estimate of drug-likeness (QED) is 0.627. The number of benzene rings is 1. The summed E-state index contributed by atoms with van der Waals surface area (Å²) in [6.45, 7) is 0.218. The van der Waals surface area contributed by atoms with Gasteiger partial charge in [-0.25, -0.2) is 5.10 Å². The minimum Gasteiger partial charge on any atom is -0.494 e. The van der Waals surface area contributed by atoms with Crippen LogP contribution in [0.4, 0.5) is 0 Å². The SMILES string of the molecule is O=C(NCC1(O)CCCCCC1)c1cc(-c2cc(O)[nH]n2)ccc1Cl. The van der Waals surface area contributed by atoms with Crippen molar-refractivity contribution in [2.24, 2.45) is 0 Å². The summed E-state index contributed by atoms with van der Waals surface area (Å²) >= 11 is 6.17. The first kappa shape index (κ1) is 17.8. The molecule has 1 aromatic carbocycles.